The standard InChI is InChI=1S/C22H26N2O4/c1-17-8-9-20(27-2)18(14-17)15-22(26)28-16-21(25)24-12-10-23(11-13-24)19-6-4-3-5-7-19/h3-9,14H,10-13,15-16H2,1-2H3. The predicted octanol–water partition coefficient (Wildman–Crippen LogP) is 2.44. The first-order valence-electron chi connectivity index (χ1n) is 9.43. The second kappa shape index (κ2) is 9.26. The van der Waals surface area contributed by atoms with E-state index in [1.807, 2.05) is 43.3 Å². The molecule has 1 aliphatic heterocycles. The van der Waals surface area contributed by atoms with Crippen LogP contribution in [0.4, 0.5) is 5.69 Å². The minimum absolute atomic E-state index is 0.0833. The maximum absolute atomic E-state index is 12.4. The van der Waals surface area contributed by atoms with Gasteiger partial charge < -0.3 is 19.3 Å². The average molecular weight is 382 g/mol. The predicted molar refractivity (Wildman–Crippen MR) is 108 cm³/mol. The number of carbonyl (C=O) groups excluding carboxylic acids is 2. The van der Waals surface area contributed by atoms with Gasteiger partial charge in [-0.25, -0.2) is 0 Å². The molecule has 6 nitrogen and oxygen atoms in total. The van der Waals surface area contributed by atoms with Gasteiger partial charge in [-0.15, -0.1) is 0 Å². The summed E-state index contributed by atoms with van der Waals surface area (Å²) in [6, 6.07) is 15.8. The van der Waals surface area contributed by atoms with Gasteiger partial charge >= 0.3 is 5.97 Å². The lowest BCUT2D eigenvalue weighted by atomic mass is 10.1. The van der Waals surface area contributed by atoms with Crippen molar-refractivity contribution in [3.63, 3.8) is 0 Å². The Labute approximate surface area is 165 Å². The summed E-state index contributed by atoms with van der Waals surface area (Å²) >= 11 is 0. The SMILES string of the molecule is COc1ccc(C)cc1CC(=O)OCC(=O)N1CCN(c2ccccc2)CC1. The summed E-state index contributed by atoms with van der Waals surface area (Å²) in [6.07, 6.45) is 0.0833. The smallest absolute Gasteiger partial charge is 0.310 e. The van der Waals surface area contributed by atoms with E-state index in [1.165, 1.54) is 0 Å². The number of piperazine rings is 1. The van der Waals surface area contributed by atoms with Crippen LogP contribution in [0.3, 0.4) is 0 Å². The third-order valence-corrected chi connectivity index (χ3v) is 4.88. The number of hydrogen-bond donors (Lipinski definition) is 0. The minimum atomic E-state index is -0.430. The number of hydrogen-bond acceptors (Lipinski definition) is 5. The van der Waals surface area contributed by atoms with Crippen LogP contribution in [0.25, 0.3) is 0 Å². The Kier molecular flexibility index (Phi) is 6.53. The Hall–Kier alpha value is -3.02. The van der Waals surface area contributed by atoms with Gasteiger partial charge in [0.1, 0.15) is 5.75 Å². The van der Waals surface area contributed by atoms with E-state index >= 15 is 0 Å². The Bertz CT molecular complexity index is 815. The fourth-order valence-corrected chi connectivity index (χ4v) is 3.34. The van der Waals surface area contributed by atoms with E-state index in [-0.39, 0.29) is 18.9 Å². The molecule has 0 unspecified atom stereocenters. The maximum atomic E-state index is 12.4. The summed E-state index contributed by atoms with van der Waals surface area (Å²) in [5.74, 6) is 0.0587. The Morgan fingerprint density at radius 2 is 1.71 bits per heavy atom. The molecule has 0 radical (unpaired) electrons. The monoisotopic (exact) mass is 382 g/mol. The number of rotatable bonds is 6. The molecular weight excluding hydrogens is 356 g/mol. The molecule has 1 fully saturated rings. The number of para-hydroxylation sites is 1. The van der Waals surface area contributed by atoms with Crippen LogP contribution in [0.1, 0.15) is 11.1 Å². The van der Waals surface area contributed by atoms with Crippen LogP contribution in [0.5, 0.6) is 5.75 Å². The molecule has 0 atom stereocenters. The number of anilines is 1. The minimum Gasteiger partial charge on any atom is -0.496 e. The van der Waals surface area contributed by atoms with Crippen molar-refractivity contribution in [2.24, 2.45) is 0 Å². The molecule has 1 aliphatic rings. The largest absolute Gasteiger partial charge is 0.496 e. The van der Waals surface area contributed by atoms with E-state index < -0.39 is 5.97 Å². The summed E-state index contributed by atoms with van der Waals surface area (Å²) in [4.78, 5) is 28.5. The van der Waals surface area contributed by atoms with Gasteiger partial charge in [0.05, 0.1) is 13.5 Å². The van der Waals surface area contributed by atoms with Gasteiger partial charge in [-0.1, -0.05) is 35.9 Å². The number of benzene rings is 2. The van der Waals surface area contributed by atoms with Gasteiger partial charge in [0, 0.05) is 37.4 Å². The fourth-order valence-electron chi connectivity index (χ4n) is 3.34. The third-order valence-electron chi connectivity index (χ3n) is 4.88. The summed E-state index contributed by atoms with van der Waals surface area (Å²) < 4.78 is 10.5. The molecular formula is C22H26N2O4. The van der Waals surface area contributed by atoms with Gasteiger partial charge in [0.15, 0.2) is 6.61 Å². The van der Waals surface area contributed by atoms with E-state index in [0.29, 0.717) is 18.8 Å². The quantitative estimate of drug-likeness (QED) is 0.719. The van der Waals surface area contributed by atoms with E-state index in [0.717, 1.165) is 29.9 Å². The number of nitrogens with zero attached hydrogens (tertiary/aromatic N) is 2. The van der Waals surface area contributed by atoms with Crippen LogP contribution < -0.4 is 9.64 Å². The summed E-state index contributed by atoms with van der Waals surface area (Å²) in [5.41, 5.74) is 2.96. The van der Waals surface area contributed by atoms with Gasteiger partial charge in [-0.2, -0.15) is 0 Å². The van der Waals surface area contributed by atoms with Crippen molar-refractivity contribution in [2.75, 3.05) is 44.8 Å². The number of aryl methyl sites for hydroxylation is 1. The Morgan fingerprint density at radius 3 is 2.39 bits per heavy atom. The molecule has 1 heterocycles. The lowest BCUT2D eigenvalue weighted by molar-refractivity contribution is -0.151. The molecule has 0 spiro atoms. The molecule has 0 aliphatic carbocycles. The van der Waals surface area contributed by atoms with Gasteiger partial charge in [0.2, 0.25) is 0 Å². The third kappa shape index (κ3) is 5.03. The first kappa shape index (κ1) is 19.7. The van der Waals surface area contributed by atoms with Crippen LogP contribution in [0.15, 0.2) is 48.5 Å². The highest BCUT2D eigenvalue weighted by Crippen LogP contribution is 2.20. The van der Waals surface area contributed by atoms with Gasteiger partial charge in [-0.3, -0.25) is 9.59 Å². The number of ether oxygens (including phenoxy) is 2. The second-order valence-electron chi connectivity index (χ2n) is 6.86. The molecule has 28 heavy (non-hydrogen) atoms. The zero-order chi connectivity index (χ0) is 19.9. The highest BCUT2D eigenvalue weighted by Gasteiger charge is 2.22. The fraction of sp³-hybridized carbons (Fsp3) is 0.364. The van der Waals surface area contributed by atoms with Crippen molar-refractivity contribution in [1.82, 2.24) is 4.90 Å². The molecule has 2 aromatic carbocycles. The molecule has 0 N–H and O–H groups in total. The molecule has 0 saturated carbocycles. The van der Waals surface area contributed by atoms with E-state index in [1.54, 1.807) is 12.0 Å². The maximum Gasteiger partial charge on any atom is 0.310 e. The number of amides is 1. The number of carbonyl (C=O) groups is 2. The van der Waals surface area contributed by atoms with Crippen LogP contribution in [0, 0.1) is 6.92 Å². The summed E-state index contributed by atoms with van der Waals surface area (Å²) in [7, 11) is 1.57. The molecule has 3 rings (SSSR count). The molecule has 1 amide bonds. The van der Waals surface area contributed by atoms with Crippen molar-refractivity contribution < 1.29 is 19.1 Å². The van der Waals surface area contributed by atoms with Crippen LogP contribution in [-0.2, 0) is 20.7 Å². The van der Waals surface area contributed by atoms with E-state index in [9.17, 15) is 9.59 Å². The van der Waals surface area contributed by atoms with Crippen LogP contribution >= 0.6 is 0 Å². The lowest BCUT2D eigenvalue weighted by Crippen LogP contribution is -2.49. The molecule has 6 heteroatoms. The topological polar surface area (TPSA) is 59.1 Å². The van der Waals surface area contributed by atoms with Crippen LogP contribution in [0.2, 0.25) is 0 Å². The highest BCUT2D eigenvalue weighted by molar-refractivity contribution is 5.81. The van der Waals surface area contributed by atoms with Crippen molar-refractivity contribution in [1.29, 1.82) is 0 Å². The van der Waals surface area contributed by atoms with Gasteiger partial charge in [-0.05, 0) is 25.1 Å². The lowest BCUT2D eigenvalue weighted by Gasteiger charge is -2.36. The van der Waals surface area contributed by atoms with E-state index in [4.69, 9.17) is 9.47 Å². The second-order valence-corrected chi connectivity index (χ2v) is 6.86. The van der Waals surface area contributed by atoms with Crippen molar-refractivity contribution in [3.8, 4) is 5.75 Å². The number of esters is 1. The van der Waals surface area contributed by atoms with Crippen molar-refractivity contribution in [2.45, 2.75) is 13.3 Å². The summed E-state index contributed by atoms with van der Waals surface area (Å²) in [6.45, 7) is 4.51. The molecule has 0 bridgehead atoms. The highest BCUT2D eigenvalue weighted by atomic mass is 16.5. The van der Waals surface area contributed by atoms with Crippen molar-refractivity contribution in [3.05, 3.63) is 59.7 Å². The molecule has 2 aromatic rings. The number of methoxy groups -OCH3 is 1. The molecule has 0 aromatic heterocycles. The first-order chi connectivity index (χ1) is 13.6. The van der Waals surface area contributed by atoms with E-state index in [2.05, 4.69) is 17.0 Å². The first-order valence-corrected chi connectivity index (χ1v) is 9.43. The Morgan fingerprint density at radius 1 is 1.00 bits per heavy atom. The summed E-state index contributed by atoms with van der Waals surface area (Å²) in [5, 5.41) is 0. The zero-order valence-corrected chi connectivity index (χ0v) is 16.4. The van der Waals surface area contributed by atoms with Gasteiger partial charge in [0.25, 0.3) is 5.91 Å². The van der Waals surface area contributed by atoms with Crippen LogP contribution in [-0.4, -0.2) is 56.7 Å². The zero-order valence-electron chi connectivity index (χ0n) is 16.4. The van der Waals surface area contributed by atoms with Crippen molar-refractivity contribution >= 4 is 17.6 Å². The normalized spacial score (nSPS) is 13.9. The Balaban J connectivity index is 1.46. The molecule has 148 valence electrons. The molecule has 1 saturated heterocycles. The average Bonchev–Trinajstić information content (AvgIpc) is 2.73.